The Labute approximate surface area is 205 Å². The fourth-order valence-corrected chi connectivity index (χ4v) is 5.55. The van der Waals surface area contributed by atoms with Crippen molar-refractivity contribution in [1.82, 2.24) is 14.9 Å². The lowest BCUT2D eigenvalue weighted by molar-refractivity contribution is -0.123. The van der Waals surface area contributed by atoms with Gasteiger partial charge in [0.15, 0.2) is 11.5 Å². The molecule has 2 aliphatic rings. The number of carbonyl (C=O) groups is 1. The van der Waals surface area contributed by atoms with Crippen molar-refractivity contribution in [3.8, 4) is 17.2 Å². The van der Waals surface area contributed by atoms with Gasteiger partial charge in [0, 0.05) is 35.2 Å². The summed E-state index contributed by atoms with van der Waals surface area (Å²) in [7, 11) is 4.69. The number of hydrogen-bond acceptors (Lipinski definition) is 6. The van der Waals surface area contributed by atoms with E-state index in [4.69, 9.17) is 14.2 Å². The zero-order chi connectivity index (χ0) is 24.5. The molecule has 1 amide bonds. The van der Waals surface area contributed by atoms with Gasteiger partial charge >= 0.3 is 0 Å². The van der Waals surface area contributed by atoms with Crippen LogP contribution in [-0.4, -0.2) is 56.0 Å². The van der Waals surface area contributed by atoms with Crippen LogP contribution >= 0.6 is 0 Å². The van der Waals surface area contributed by atoms with Gasteiger partial charge in [-0.1, -0.05) is 11.6 Å². The van der Waals surface area contributed by atoms with Crippen LogP contribution in [0.4, 0.5) is 0 Å². The molecular formula is C27H32N4O4. The first kappa shape index (κ1) is 23.2. The molecule has 35 heavy (non-hydrogen) atoms. The van der Waals surface area contributed by atoms with E-state index in [9.17, 15) is 4.79 Å². The Kier molecular flexibility index (Phi) is 6.38. The highest BCUT2D eigenvalue weighted by Crippen LogP contribution is 2.42. The number of rotatable bonds is 7. The molecule has 0 saturated heterocycles. The molecule has 8 nitrogen and oxygen atoms in total. The molecule has 2 heterocycles. The first-order valence-electron chi connectivity index (χ1n) is 12.0. The van der Waals surface area contributed by atoms with Gasteiger partial charge in [0.05, 0.1) is 40.1 Å². The van der Waals surface area contributed by atoms with E-state index in [1.165, 1.54) is 27.7 Å². The largest absolute Gasteiger partial charge is 0.493 e. The number of benzene rings is 2. The molecule has 3 aromatic rings. The van der Waals surface area contributed by atoms with E-state index in [2.05, 4.69) is 45.1 Å². The maximum atomic E-state index is 12.8. The summed E-state index contributed by atoms with van der Waals surface area (Å²) in [4.78, 5) is 15.1. The summed E-state index contributed by atoms with van der Waals surface area (Å²) >= 11 is 0. The molecule has 0 unspecified atom stereocenters. The Bertz CT molecular complexity index is 1270. The van der Waals surface area contributed by atoms with E-state index in [1.807, 2.05) is 0 Å². The summed E-state index contributed by atoms with van der Waals surface area (Å²) < 4.78 is 18.6. The van der Waals surface area contributed by atoms with Crippen molar-refractivity contribution >= 4 is 23.0 Å². The predicted octanol–water partition coefficient (Wildman–Crippen LogP) is 3.82. The van der Waals surface area contributed by atoms with Crippen molar-refractivity contribution in [2.24, 2.45) is 5.10 Å². The molecule has 5 rings (SSSR count). The van der Waals surface area contributed by atoms with Crippen LogP contribution in [-0.2, 0) is 17.8 Å². The number of ether oxygens (including phenoxy) is 3. The fourth-order valence-electron chi connectivity index (χ4n) is 5.55. The predicted molar refractivity (Wildman–Crippen MR) is 136 cm³/mol. The van der Waals surface area contributed by atoms with Crippen molar-refractivity contribution < 1.29 is 19.0 Å². The van der Waals surface area contributed by atoms with Gasteiger partial charge in [0.25, 0.3) is 5.91 Å². The number of fused-ring (bicyclic) bond motifs is 3. The molecule has 1 atom stereocenters. The maximum absolute atomic E-state index is 12.8. The van der Waals surface area contributed by atoms with Crippen LogP contribution in [0.1, 0.15) is 41.3 Å². The van der Waals surface area contributed by atoms with E-state index in [-0.39, 0.29) is 11.9 Å². The van der Waals surface area contributed by atoms with E-state index >= 15 is 0 Å². The molecule has 184 valence electrons. The Morgan fingerprint density at radius 3 is 2.60 bits per heavy atom. The third kappa shape index (κ3) is 4.23. The molecule has 1 N–H and O–H groups in total. The van der Waals surface area contributed by atoms with Gasteiger partial charge in [-0.05, 0) is 56.0 Å². The highest BCUT2D eigenvalue weighted by atomic mass is 16.5. The number of aromatic nitrogens is 1. The van der Waals surface area contributed by atoms with Crippen molar-refractivity contribution in [2.75, 3.05) is 34.4 Å². The molecule has 1 aromatic heterocycles. The third-order valence-corrected chi connectivity index (χ3v) is 7.08. The zero-order valence-corrected chi connectivity index (χ0v) is 20.8. The summed E-state index contributed by atoms with van der Waals surface area (Å²) in [5, 5.41) is 5.56. The highest BCUT2D eigenvalue weighted by Gasteiger charge is 2.35. The van der Waals surface area contributed by atoms with Gasteiger partial charge in [0.2, 0.25) is 5.75 Å². The molecule has 0 radical (unpaired) electrons. The number of hydrogen-bond donors (Lipinski definition) is 1. The van der Waals surface area contributed by atoms with Crippen LogP contribution in [0.2, 0.25) is 0 Å². The van der Waals surface area contributed by atoms with Gasteiger partial charge in [0.1, 0.15) is 0 Å². The Hall–Kier alpha value is -3.52. The monoisotopic (exact) mass is 476 g/mol. The smallest absolute Gasteiger partial charge is 0.254 e. The average molecular weight is 477 g/mol. The minimum atomic E-state index is -0.124. The molecule has 0 fully saturated rings. The van der Waals surface area contributed by atoms with Crippen LogP contribution in [0.3, 0.4) is 0 Å². The summed E-state index contributed by atoms with van der Waals surface area (Å²) in [6.45, 7) is 4.21. The Morgan fingerprint density at radius 2 is 1.89 bits per heavy atom. The normalized spacial score (nSPS) is 17.4. The molecule has 1 aliphatic heterocycles. The van der Waals surface area contributed by atoms with Crippen molar-refractivity contribution in [2.45, 2.75) is 38.8 Å². The van der Waals surface area contributed by atoms with Crippen LogP contribution < -0.4 is 19.6 Å². The standard InChI is InChI=1S/C27H32N4O4/c1-17-8-9-21-20(12-17)19-6-5-7-22-26(19)31(21)11-10-30(22)16-25(32)29-28-15-18-13-23(33-2)27(35-4)24(14-18)34-3/h8-9,12-15,22H,5-7,10-11,16H2,1-4H3,(H,29,32)/t22-/m1/s1. The summed E-state index contributed by atoms with van der Waals surface area (Å²) in [6.07, 6.45) is 4.90. The lowest BCUT2D eigenvalue weighted by atomic mass is 9.89. The van der Waals surface area contributed by atoms with E-state index < -0.39 is 0 Å². The number of amides is 1. The van der Waals surface area contributed by atoms with Crippen LogP contribution in [0.25, 0.3) is 10.9 Å². The van der Waals surface area contributed by atoms with Crippen LogP contribution in [0, 0.1) is 6.92 Å². The minimum absolute atomic E-state index is 0.124. The first-order valence-corrected chi connectivity index (χ1v) is 12.0. The zero-order valence-electron chi connectivity index (χ0n) is 20.8. The number of methoxy groups -OCH3 is 3. The summed E-state index contributed by atoms with van der Waals surface area (Å²) in [6, 6.07) is 10.6. The number of carbonyl (C=O) groups excluding carboxylic acids is 1. The second-order valence-corrected chi connectivity index (χ2v) is 9.17. The number of nitrogens with zero attached hydrogens (tertiary/aromatic N) is 3. The second kappa shape index (κ2) is 9.62. The van der Waals surface area contributed by atoms with Crippen LogP contribution in [0.5, 0.6) is 17.2 Å². The number of aryl methyl sites for hydroxylation is 2. The van der Waals surface area contributed by atoms with E-state index in [0.717, 1.165) is 37.9 Å². The first-order chi connectivity index (χ1) is 17.0. The molecule has 0 saturated carbocycles. The SMILES string of the molecule is COc1cc(C=NNC(=O)CN2CCn3c4c(c5cc(C)ccc53)CCC[C@H]42)cc(OC)c1OC. The van der Waals surface area contributed by atoms with Crippen molar-refractivity contribution in [3.63, 3.8) is 0 Å². The topological polar surface area (TPSA) is 77.3 Å². The molecule has 1 aliphatic carbocycles. The highest BCUT2D eigenvalue weighted by molar-refractivity contribution is 5.87. The molecule has 8 heteroatoms. The van der Waals surface area contributed by atoms with E-state index in [1.54, 1.807) is 39.7 Å². The fraction of sp³-hybridized carbons (Fsp3) is 0.407. The van der Waals surface area contributed by atoms with E-state index in [0.29, 0.717) is 23.8 Å². The van der Waals surface area contributed by atoms with Crippen molar-refractivity contribution in [1.29, 1.82) is 0 Å². The molecular weight excluding hydrogens is 444 g/mol. The lowest BCUT2D eigenvalue weighted by Crippen LogP contribution is -2.44. The second-order valence-electron chi connectivity index (χ2n) is 9.17. The number of nitrogens with one attached hydrogen (secondary N) is 1. The van der Waals surface area contributed by atoms with Gasteiger partial charge in [-0.2, -0.15) is 5.10 Å². The van der Waals surface area contributed by atoms with Crippen molar-refractivity contribution in [3.05, 3.63) is 52.7 Å². The van der Waals surface area contributed by atoms with Gasteiger partial charge < -0.3 is 18.8 Å². The third-order valence-electron chi connectivity index (χ3n) is 7.08. The molecule has 0 bridgehead atoms. The summed E-state index contributed by atoms with van der Waals surface area (Å²) in [5.74, 6) is 1.46. The minimum Gasteiger partial charge on any atom is -0.493 e. The molecule has 2 aromatic carbocycles. The van der Waals surface area contributed by atoms with Gasteiger partial charge in [-0.25, -0.2) is 5.43 Å². The number of hydrazone groups is 1. The quantitative estimate of drug-likeness (QED) is 0.414. The van der Waals surface area contributed by atoms with Gasteiger partial charge in [-0.15, -0.1) is 0 Å². The molecule has 0 spiro atoms. The average Bonchev–Trinajstić information content (AvgIpc) is 3.19. The lowest BCUT2D eigenvalue weighted by Gasteiger charge is -2.39. The van der Waals surface area contributed by atoms with Gasteiger partial charge in [-0.3, -0.25) is 9.69 Å². The van der Waals surface area contributed by atoms with Crippen LogP contribution in [0.15, 0.2) is 35.4 Å². The Balaban J connectivity index is 1.30. The maximum Gasteiger partial charge on any atom is 0.254 e. The Morgan fingerprint density at radius 1 is 1.11 bits per heavy atom. The summed E-state index contributed by atoms with van der Waals surface area (Å²) in [5.41, 5.74) is 8.90.